The molecule has 1 amide bonds. The molecule has 1 aliphatic heterocycles. The highest BCUT2D eigenvalue weighted by Gasteiger charge is 2.43. The van der Waals surface area contributed by atoms with Gasteiger partial charge in [0.1, 0.15) is 6.10 Å². The lowest BCUT2D eigenvalue weighted by Crippen LogP contribution is -2.61. The van der Waals surface area contributed by atoms with E-state index < -0.39 is 28.5 Å². The average molecular weight is 331 g/mol. The topological polar surface area (TPSA) is 99.0 Å². The minimum absolute atomic E-state index is 0.307. The van der Waals surface area contributed by atoms with Gasteiger partial charge in [-0.25, -0.2) is 0 Å². The second-order valence-corrected chi connectivity index (χ2v) is 4.85. The predicted molar refractivity (Wildman–Crippen MR) is 59.4 cm³/mol. The molecule has 0 bridgehead atoms. The first-order valence-electron chi connectivity index (χ1n) is 4.51. The quantitative estimate of drug-likeness (QED) is 0.360. The lowest BCUT2D eigenvalue weighted by molar-refractivity contribution is -0.216. The predicted octanol–water partition coefficient (Wildman–Crippen LogP) is -1.63. The number of nitrogens with one attached hydrogen (secondary N) is 1. The molecule has 1 fully saturated rings. The summed E-state index contributed by atoms with van der Waals surface area (Å²) in [5.41, 5.74) is 0. The number of ether oxygens (including phenoxy) is 1. The van der Waals surface area contributed by atoms with Crippen molar-refractivity contribution >= 4 is 28.5 Å². The number of aliphatic hydroxyl groups excluding tert-OH is 3. The van der Waals surface area contributed by atoms with Gasteiger partial charge in [0.15, 0.2) is 6.29 Å². The second-order valence-electron chi connectivity index (χ2n) is 3.41. The number of halogens is 1. The number of alkyl halides is 1. The van der Waals surface area contributed by atoms with E-state index in [0.717, 1.165) is 0 Å². The Morgan fingerprint density at radius 3 is 2.60 bits per heavy atom. The highest BCUT2D eigenvalue weighted by atomic mass is 127. The Morgan fingerprint density at radius 1 is 1.53 bits per heavy atom. The standard InChI is InChI=1S/C8H14INO5/c1-3(12)10-6-5(9)7(13)4(2-11)15-8(6)14/h4-8,11,13-14H,2H2,1H3,(H,10,12)/t4-,5+,6-,7-,8+/m1/s1. The van der Waals surface area contributed by atoms with E-state index in [9.17, 15) is 15.0 Å². The maximum atomic E-state index is 10.8. The minimum atomic E-state index is -1.21. The molecule has 1 aliphatic rings. The van der Waals surface area contributed by atoms with Crippen molar-refractivity contribution in [2.75, 3.05) is 6.61 Å². The normalized spacial score (nSPS) is 41.3. The number of hydrogen-bond donors (Lipinski definition) is 4. The van der Waals surface area contributed by atoms with E-state index in [-0.39, 0.29) is 12.5 Å². The third-order valence-electron chi connectivity index (χ3n) is 2.22. The summed E-state index contributed by atoms with van der Waals surface area (Å²) in [6.45, 7) is 0.950. The van der Waals surface area contributed by atoms with Crippen LogP contribution in [0.3, 0.4) is 0 Å². The number of carbonyl (C=O) groups excluding carboxylic acids is 1. The summed E-state index contributed by atoms with van der Waals surface area (Å²) >= 11 is 1.92. The van der Waals surface area contributed by atoms with Gasteiger partial charge in [-0.1, -0.05) is 22.6 Å². The highest BCUT2D eigenvalue weighted by Crippen LogP contribution is 2.25. The van der Waals surface area contributed by atoms with E-state index in [1.807, 2.05) is 22.6 Å². The molecular weight excluding hydrogens is 317 g/mol. The molecule has 1 rings (SSSR count). The van der Waals surface area contributed by atoms with Crippen LogP contribution in [0.5, 0.6) is 0 Å². The third-order valence-corrected chi connectivity index (χ3v) is 3.73. The third kappa shape index (κ3) is 3.00. The summed E-state index contributed by atoms with van der Waals surface area (Å²) < 4.78 is 4.56. The van der Waals surface area contributed by atoms with Crippen LogP contribution in [0.25, 0.3) is 0 Å². The molecule has 5 atom stereocenters. The second kappa shape index (κ2) is 5.39. The molecule has 1 heterocycles. The van der Waals surface area contributed by atoms with Crippen LogP contribution in [-0.2, 0) is 9.53 Å². The molecule has 0 aromatic heterocycles. The lowest BCUT2D eigenvalue weighted by Gasteiger charge is -2.40. The van der Waals surface area contributed by atoms with E-state index >= 15 is 0 Å². The van der Waals surface area contributed by atoms with Crippen molar-refractivity contribution in [1.82, 2.24) is 5.32 Å². The van der Waals surface area contributed by atoms with Gasteiger partial charge in [-0.05, 0) is 0 Å². The molecule has 0 saturated carbocycles. The molecule has 88 valence electrons. The van der Waals surface area contributed by atoms with Crippen molar-refractivity contribution in [2.24, 2.45) is 0 Å². The molecular formula is C8H14INO5. The first-order chi connectivity index (χ1) is 6.97. The van der Waals surface area contributed by atoms with E-state index in [1.54, 1.807) is 0 Å². The van der Waals surface area contributed by atoms with E-state index in [0.29, 0.717) is 0 Å². The molecule has 0 aliphatic carbocycles. The van der Waals surface area contributed by atoms with Crippen LogP contribution in [-0.4, -0.2) is 56.3 Å². The first kappa shape index (κ1) is 13.1. The van der Waals surface area contributed by atoms with Crippen molar-refractivity contribution in [3.63, 3.8) is 0 Å². The van der Waals surface area contributed by atoms with Gasteiger partial charge >= 0.3 is 0 Å². The van der Waals surface area contributed by atoms with E-state index in [2.05, 4.69) is 5.32 Å². The Kier molecular flexibility index (Phi) is 4.71. The van der Waals surface area contributed by atoms with Crippen molar-refractivity contribution in [2.45, 2.75) is 35.4 Å². The highest BCUT2D eigenvalue weighted by molar-refractivity contribution is 14.1. The van der Waals surface area contributed by atoms with Gasteiger partial charge in [-0.15, -0.1) is 0 Å². The molecule has 0 unspecified atom stereocenters. The maximum absolute atomic E-state index is 10.8. The fourth-order valence-corrected chi connectivity index (χ4v) is 2.45. The number of amides is 1. The lowest BCUT2D eigenvalue weighted by atomic mass is 10.0. The Labute approximate surface area is 101 Å². The van der Waals surface area contributed by atoms with Gasteiger partial charge in [-0.2, -0.15) is 0 Å². The van der Waals surface area contributed by atoms with Gasteiger partial charge in [0.05, 0.1) is 22.7 Å². The zero-order valence-corrected chi connectivity index (χ0v) is 10.3. The molecule has 1 saturated heterocycles. The maximum Gasteiger partial charge on any atom is 0.217 e. The van der Waals surface area contributed by atoms with Crippen LogP contribution >= 0.6 is 22.6 Å². The summed E-state index contributed by atoms with van der Waals surface area (Å²) in [6, 6.07) is -0.666. The summed E-state index contributed by atoms with van der Waals surface area (Å²) in [5, 5.41) is 30.6. The number of hydrogen-bond acceptors (Lipinski definition) is 5. The zero-order valence-electron chi connectivity index (χ0n) is 8.13. The van der Waals surface area contributed by atoms with Gasteiger partial charge in [0.2, 0.25) is 5.91 Å². The Morgan fingerprint density at radius 2 is 2.13 bits per heavy atom. The molecule has 6 nitrogen and oxygen atoms in total. The molecule has 4 N–H and O–H groups in total. The van der Waals surface area contributed by atoms with Gasteiger partial charge in [0.25, 0.3) is 0 Å². The minimum Gasteiger partial charge on any atom is -0.394 e. The molecule has 7 heteroatoms. The SMILES string of the molecule is CC(=O)N[C@@H]1[C@H](I)[C@H](O)[C@@H](CO)O[C@@H]1O. The molecule has 15 heavy (non-hydrogen) atoms. The Bertz CT molecular complexity index is 239. The molecule has 0 aromatic rings. The van der Waals surface area contributed by atoms with Crippen molar-refractivity contribution in [3.8, 4) is 0 Å². The van der Waals surface area contributed by atoms with Gasteiger partial charge in [-0.3, -0.25) is 4.79 Å². The van der Waals surface area contributed by atoms with Crippen LogP contribution in [0.2, 0.25) is 0 Å². The van der Waals surface area contributed by atoms with Crippen LogP contribution in [0, 0.1) is 0 Å². The van der Waals surface area contributed by atoms with Crippen LogP contribution in [0.15, 0.2) is 0 Å². The fourth-order valence-electron chi connectivity index (χ4n) is 1.46. The zero-order chi connectivity index (χ0) is 11.6. The summed E-state index contributed by atoms with van der Waals surface area (Å²) in [5.74, 6) is -0.307. The first-order valence-corrected chi connectivity index (χ1v) is 5.75. The van der Waals surface area contributed by atoms with Crippen LogP contribution < -0.4 is 5.32 Å². The summed E-state index contributed by atoms with van der Waals surface area (Å²) in [6.07, 6.45) is -2.95. The molecule has 0 aromatic carbocycles. The van der Waals surface area contributed by atoms with Crippen molar-refractivity contribution in [3.05, 3.63) is 0 Å². The molecule has 0 radical (unpaired) electrons. The van der Waals surface area contributed by atoms with Gasteiger partial charge < -0.3 is 25.4 Å². The Balaban J connectivity index is 2.70. The monoisotopic (exact) mass is 331 g/mol. The van der Waals surface area contributed by atoms with Crippen LogP contribution in [0.4, 0.5) is 0 Å². The largest absolute Gasteiger partial charge is 0.394 e. The number of rotatable bonds is 2. The van der Waals surface area contributed by atoms with Crippen molar-refractivity contribution < 1.29 is 24.9 Å². The summed E-state index contributed by atoms with van der Waals surface area (Å²) in [4.78, 5) is 10.8. The van der Waals surface area contributed by atoms with E-state index in [1.165, 1.54) is 6.92 Å². The van der Waals surface area contributed by atoms with Crippen molar-refractivity contribution in [1.29, 1.82) is 0 Å². The number of aliphatic hydroxyl groups is 3. The Hall–Kier alpha value is 0.0400. The summed E-state index contributed by atoms with van der Waals surface area (Å²) in [7, 11) is 0. The smallest absolute Gasteiger partial charge is 0.217 e. The average Bonchev–Trinajstić information content (AvgIpc) is 2.18. The van der Waals surface area contributed by atoms with Crippen LogP contribution in [0.1, 0.15) is 6.92 Å². The van der Waals surface area contributed by atoms with Gasteiger partial charge in [0, 0.05) is 6.92 Å². The number of carbonyl (C=O) groups is 1. The van der Waals surface area contributed by atoms with E-state index in [4.69, 9.17) is 9.84 Å². The molecule has 0 spiro atoms. The fraction of sp³-hybridized carbons (Fsp3) is 0.875.